The van der Waals surface area contributed by atoms with Gasteiger partial charge in [0.25, 0.3) is 0 Å². The quantitative estimate of drug-likeness (QED) is 0.766. The summed E-state index contributed by atoms with van der Waals surface area (Å²) in [6.45, 7) is 0. The van der Waals surface area contributed by atoms with Crippen molar-refractivity contribution in [3.8, 4) is 0 Å². The molecular weight excluding hydrogens is 248 g/mol. The van der Waals surface area contributed by atoms with Gasteiger partial charge in [-0.15, -0.1) is 0 Å². The van der Waals surface area contributed by atoms with Gasteiger partial charge in [-0.2, -0.15) is 0 Å². The Kier molecular flexibility index (Phi) is 5.72. The highest BCUT2D eigenvalue weighted by atomic mass is 16.1. The van der Waals surface area contributed by atoms with E-state index in [2.05, 4.69) is 24.3 Å². The Morgan fingerprint density at radius 1 is 0.950 bits per heavy atom. The first-order valence-electron chi connectivity index (χ1n) is 7.52. The largest absolute Gasteiger partial charge is 0.300 e. The summed E-state index contributed by atoms with van der Waals surface area (Å²) in [7, 11) is 0. The molecule has 1 aromatic rings. The number of ketones is 2. The van der Waals surface area contributed by atoms with Crippen molar-refractivity contribution < 1.29 is 9.59 Å². The second kappa shape index (κ2) is 7.78. The SMILES string of the molecule is O=C1C=CCCC1.O=C1CCCC(c2ccccc2)C1. The molecule has 3 rings (SSSR count). The van der Waals surface area contributed by atoms with Crippen molar-refractivity contribution in [1.29, 1.82) is 0 Å². The molecule has 0 N–H and O–H groups in total. The van der Waals surface area contributed by atoms with Crippen LogP contribution in [0.25, 0.3) is 0 Å². The monoisotopic (exact) mass is 270 g/mol. The number of allylic oxidation sites excluding steroid dienone is 2. The fourth-order valence-electron chi connectivity index (χ4n) is 2.73. The zero-order valence-electron chi connectivity index (χ0n) is 11.9. The first-order chi connectivity index (χ1) is 9.75. The summed E-state index contributed by atoms with van der Waals surface area (Å²) in [4.78, 5) is 21.6. The molecule has 2 heteroatoms. The van der Waals surface area contributed by atoms with Gasteiger partial charge in [0.2, 0.25) is 0 Å². The summed E-state index contributed by atoms with van der Waals surface area (Å²) in [6, 6.07) is 10.4. The van der Waals surface area contributed by atoms with E-state index in [1.165, 1.54) is 12.0 Å². The zero-order chi connectivity index (χ0) is 14.2. The molecule has 0 aromatic heterocycles. The van der Waals surface area contributed by atoms with Crippen LogP contribution in [-0.2, 0) is 9.59 Å². The average molecular weight is 270 g/mol. The molecule has 1 fully saturated rings. The number of benzene rings is 1. The molecule has 0 radical (unpaired) electrons. The fourth-order valence-corrected chi connectivity index (χ4v) is 2.73. The van der Waals surface area contributed by atoms with E-state index in [1.54, 1.807) is 6.08 Å². The van der Waals surface area contributed by atoms with Crippen molar-refractivity contribution in [2.45, 2.75) is 50.9 Å². The fraction of sp³-hybridized carbons (Fsp3) is 0.444. The summed E-state index contributed by atoms with van der Waals surface area (Å²) in [5.41, 5.74) is 1.33. The van der Waals surface area contributed by atoms with Crippen LogP contribution in [0, 0.1) is 0 Å². The molecular formula is C18H22O2. The lowest BCUT2D eigenvalue weighted by Gasteiger charge is -2.20. The van der Waals surface area contributed by atoms with Crippen molar-refractivity contribution in [1.82, 2.24) is 0 Å². The van der Waals surface area contributed by atoms with Crippen LogP contribution in [-0.4, -0.2) is 11.6 Å². The molecule has 1 atom stereocenters. The Labute approximate surface area is 120 Å². The summed E-state index contributed by atoms with van der Waals surface area (Å²) < 4.78 is 0. The summed E-state index contributed by atoms with van der Waals surface area (Å²) >= 11 is 0. The minimum absolute atomic E-state index is 0.284. The van der Waals surface area contributed by atoms with Crippen molar-refractivity contribution in [3.05, 3.63) is 48.0 Å². The molecule has 0 amide bonds. The Morgan fingerprint density at radius 3 is 2.30 bits per heavy atom. The Bertz CT molecular complexity index is 473. The molecule has 0 heterocycles. The first kappa shape index (κ1) is 14.7. The molecule has 1 aromatic carbocycles. The van der Waals surface area contributed by atoms with Crippen LogP contribution < -0.4 is 0 Å². The van der Waals surface area contributed by atoms with E-state index >= 15 is 0 Å². The van der Waals surface area contributed by atoms with Gasteiger partial charge in [-0.05, 0) is 43.2 Å². The Balaban J connectivity index is 0.000000178. The highest BCUT2D eigenvalue weighted by Crippen LogP contribution is 2.30. The van der Waals surface area contributed by atoms with Crippen LogP contribution in [0.1, 0.15) is 56.4 Å². The second-order valence-corrected chi connectivity index (χ2v) is 5.50. The van der Waals surface area contributed by atoms with Crippen LogP contribution in [0.5, 0.6) is 0 Å². The molecule has 106 valence electrons. The lowest BCUT2D eigenvalue weighted by atomic mass is 9.83. The lowest BCUT2D eigenvalue weighted by Crippen LogP contribution is -2.13. The number of carbonyl (C=O) groups is 2. The summed E-state index contributed by atoms with van der Waals surface area (Å²) in [5, 5.41) is 0. The molecule has 2 aliphatic rings. The number of carbonyl (C=O) groups excluding carboxylic acids is 2. The molecule has 0 aliphatic heterocycles. The maximum atomic E-state index is 11.2. The van der Waals surface area contributed by atoms with Gasteiger partial charge >= 0.3 is 0 Å². The molecule has 1 unspecified atom stereocenters. The number of hydrogen-bond acceptors (Lipinski definition) is 2. The van der Waals surface area contributed by atoms with Crippen LogP contribution >= 0.6 is 0 Å². The predicted octanol–water partition coefficient (Wildman–Crippen LogP) is 4.21. The molecule has 2 aliphatic carbocycles. The molecule has 0 saturated heterocycles. The minimum atomic E-state index is 0.284. The van der Waals surface area contributed by atoms with Crippen molar-refractivity contribution in [3.63, 3.8) is 0 Å². The molecule has 2 nitrogen and oxygen atoms in total. The Morgan fingerprint density at radius 2 is 1.75 bits per heavy atom. The Hall–Kier alpha value is -1.70. The normalized spacial score (nSPS) is 22.1. The van der Waals surface area contributed by atoms with Gasteiger partial charge in [0.1, 0.15) is 5.78 Å². The van der Waals surface area contributed by atoms with Crippen LogP contribution in [0.3, 0.4) is 0 Å². The van der Waals surface area contributed by atoms with E-state index < -0.39 is 0 Å². The molecule has 20 heavy (non-hydrogen) atoms. The van der Waals surface area contributed by atoms with E-state index in [9.17, 15) is 9.59 Å². The van der Waals surface area contributed by atoms with E-state index in [4.69, 9.17) is 0 Å². The van der Waals surface area contributed by atoms with Crippen LogP contribution in [0.15, 0.2) is 42.5 Å². The summed E-state index contributed by atoms with van der Waals surface area (Å²) in [6.07, 6.45) is 10.3. The molecule has 1 saturated carbocycles. The number of hydrogen-bond donors (Lipinski definition) is 0. The third-order valence-electron chi connectivity index (χ3n) is 3.85. The zero-order valence-corrected chi connectivity index (χ0v) is 11.9. The van der Waals surface area contributed by atoms with Gasteiger partial charge in [0.15, 0.2) is 5.78 Å². The van der Waals surface area contributed by atoms with Gasteiger partial charge in [0.05, 0.1) is 0 Å². The highest BCUT2D eigenvalue weighted by molar-refractivity contribution is 5.90. The van der Waals surface area contributed by atoms with Crippen molar-refractivity contribution >= 4 is 11.6 Å². The van der Waals surface area contributed by atoms with Crippen LogP contribution in [0.2, 0.25) is 0 Å². The van der Waals surface area contributed by atoms with Gasteiger partial charge in [0, 0.05) is 19.3 Å². The smallest absolute Gasteiger partial charge is 0.155 e. The summed E-state index contributed by atoms with van der Waals surface area (Å²) in [5.74, 6) is 1.20. The third-order valence-corrected chi connectivity index (χ3v) is 3.85. The maximum Gasteiger partial charge on any atom is 0.155 e. The number of Topliss-reactive ketones (excluding diaryl/α,β-unsaturated/α-hetero) is 1. The lowest BCUT2D eigenvalue weighted by molar-refractivity contribution is -0.120. The highest BCUT2D eigenvalue weighted by Gasteiger charge is 2.20. The predicted molar refractivity (Wildman–Crippen MR) is 80.7 cm³/mol. The standard InChI is InChI=1S/C12H14O.C6H8O/c13-12-8-4-7-11(9-12)10-5-2-1-3-6-10;7-6-4-2-1-3-5-6/h1-3,5-6,11H,4,7-9H2;2,4H,1,3,5H2. The topological polar surface area (TPSA) is 34.1 Å². The van der Waals surface area contributed by atoms with Gasteiger partial charge in [-0.25, -0.2) is 0 Å². The van der Waals surface area contributed by atoms with Crippen LogP contribution in [0.4, 0.5) is 0 Å². The third kappa shape index (κ3) is 4.76. The van der Waals surface area contributed by atoms with Gasteiger partial charge in [-0.3, -0.25) is 9.59 Å². The van der Waals surface area contributed by atoms with E-state index in [0.29, 0.717) is 11.7 Å². The van der Waals surface area contributed by atoms with Gasteiger partial charge in [-0.1, -0.05) is 36.4 Å². The molecule has 0 bridgehead atoms. The number of rotatable bonds is 1. The first-order valence-corrected chi connectivity index (χ1v) is 7.52. The second-order valence-electron chi connectivity index (χ2n) is 5.50. The van der Waals surface area contributed by atoms with Gasteiger partial charge < -0.3 is 0 Å². The maximum absolute atomic E-state index is 11.2. The van der Waals surface area contributed by atoms with Crippen molar-refractivity contribution in [2.75, 3.05) is 0 Å². The van der Waals surface area contributed by atoms with E-state index in [1.807, 2.05) is 12.1 Å². The van der Waals surface area contributed by atoms with E-state index in [-0.39, 0.29) is 5.78 Å². The van der Waals surface area contributed by atoms with Crippen molar-refractivity contribution in [2.24, 2.45) is 0 Å². The molecule has 0 spiro atoms. The minimum Gasteiger partial charge on any atom is -0.300 e. The van der Waals surface area contributed by atoms with E-state index in [0.717, 1.165) is 38.5 Å². The average Bonchev–Trinajstić information content (AvgIpc) is 2.50.